The van der Waals surface area contributed by atoms with Crippen LogP contribution in [0.25, 0.3) is 22.6 Å². The van der Waals surface area contributed by atoms with E-state index in [2.05, 4.69) is 56.3 Å². The summed E-state index contributed by atoms with van der Waals surface area (Å²) in [6, 6.07) is 18.6. The van der Waals surface area contributed by atoms with Gasteiger partial charge in [-0.25, -0.2) is 9.97 Å². The molecule has 2 aromatic carbocycles. The Bertz CT molecular complexity index is 1380. The van der Waals surface area contributed by atoms with Gasteiger partial charge in [0.2, 0.25) is 0 Å². The number of nitrogens with zero attached hydrogens (tertiary/aromatic N) is 2. The minimum atomic E-state index is -0.158. The number of aliphatic hydroxyl groups excluding tert-OH is 1. The van der Waals surface area contributed by atoms with Crippen LogP contribution in [-0.2, 0) is 11.8 Å². The molecule has 37 heavy (non-hydrogen) atoms. The fourth-order valence-electron chi connectivity index (χ4n) is 8.56. The van der Waals surface area contributed by atoms with Crippen molar-refractivity contribution in [2.24, 2.45) is 23.2 Å². The minimum Gasteiger partial charge on any atom is -0.393 e. The van der Waals surface area contributed by atoms with Crippen LogP contribution in [-0.4, -0.2) is 21.2 Å². The number of fused-ring (bicyclic) bond motifs is 7. The molecule has 3 aromatic rings. The molecule has 4 heteroatoms. The van der Waals surface area contributed by atoms with Crippen LogP contribution in [0.15, 0.2) is 66.2 Å². The zero-order valence-corrected chi connectivity index (χ0v) is 22.5. The van der Waals surface area contributed by atoms with Crippen molar-refractivity contribution >= 4 is 11.6 Å². The van der Waals surface area contributed by atoms with E-state index in [0.717, 1.165) is 59.8 Å². The topological polar surface area (TPSA) is 46.0 Å². The third-order valence-corrected chi connectivity index (χ3v) is 10.8. The molecule has 7 rings (SSSR count). The van der Waals surface area contributed by atoms with E-state index in [1.807, 2.05) is 18.2 Å². The molecule has 0 aliphatic heterocycles. The smallest absolute Gasteiger partial charge is 0.160 e. The first kappa shape index (κ1) is 23.6. The van der Waals surface area contributed by atoms with Gasteiger partial charge < -0.3 is 5.11 Å². The number of benzene rings is 2. The van der Waals surface area contributed by atoms with Gasteiger partial charge >= 0.3 is 0 Å². The Hall–Kier alpha value is -2.49. The van der Waals surface area contributed by atoms with Gasteiger partial charge in [-0.1, -0.05) is 79.6 Å². The monoisotopic (exact) mass is 510 g/mol. The van der Waals surface area contributed by atoms with Gasteiger partial charge in [-0.05, 0) is 80.2 Å². The van der Waals surface area contributed by atoms with Crippen molar-refractivity contribution in [1.29, 1.82) is 0 Å². The van der Waals surface area contributed by atoms with Gasteiger partial charge in [0.1, 0.15) is 0 Å². The Balaban J connectivity index is 1.35. The summed E-state index contributed by atoms with van der Waals surface area (Å²) >= 11 is 6.27. The summed E-state index contributed by atoms with van der Waals surface area (Å²) in [5, 5.41) is 11.1. The maximum absolute atomic E-state index is 10.4. The van der Waals surface area contributed by atoms with E-state index in [-0.39, 0.29) is 16.9 Å². The van der Waals surface area contributed by atoms with Gasteiger partial charge in [0.15, 0.2) is 5.82 Å². The molecule has 6 atom stereocenters. The molecule has 2 saturated carbocycles. The molecule has 2 fully saturated rings. The van der Waals surface area contributed by atoms with Gasteiger partial charge in [-0.3, -0.25) is 0 Å². The van der Waals surface area contributed by atoms with Crippen LogP contribution >= 0.6 is 11.6 Å². The molecule has 1 N–H and O–H groups in total. The van der Waals surface area contributed by atoms with Crippen LogP contribution in [0.3, 0.4) is 0 Å². The largest absolute Gasteiger partial charge is 0.393 e. The van der Waals surface area contributed by atoms with E-state index in [4.69, 9.17) is 21.6 Å². The molecule has 4 aliphatic carbocycles. The Morgan fingerprint density at radius 3 is 2.38 bits per heavy atom. The highest BCUT2D eigenvalue weighted by Gasteiger charge is 2.58. The van der Waals surface area contributed by atoms with Crippen LogP contribution < -0.4 is 0 Å². The summed E-state index contributed by atoms with van der Waals surface area (Å²) in [4.78, 5) is 10.5. The van der Waals surface area contributed by atoms with E-state index in [1.165, 1.54) is 29.7 Å². The van der Waals surface area contributed by atoms with Gasteiger partial charge in [0, 0.05) is 27.1 Å². The van der Waals surface area contributed by atoms with Crippen LogP contribution in [0.4, 0.5) is 0 Å². The third-order valence-electron chi connectivity index (χ3n) is 10.6. The number of hydrogen-bond acceptors (Lipinski definition) is 3. The Labute approximate surface area is 225 Å². The number of halogens is 1. The minimum absolute atomic E-state index is 0.0556. The molecule has 0 bridgehead atoms. The summed E-state index contributed by atoms with van der Waals surface area (Å²) in [6.07, 6.45) is 9.86. The predicted octanol–water partition coefficient (Wildman–Crippen LogP) is 7.80. The second-order valence-corrected chi connectivity index (χ2v) is 12.8. The number of aliphatic hydroxyl groups is 1. The van der Waals surface area contributed by atoms with Crippen molar-refractivity contribution in [3.8, 4) is 22.6 Å². The first-order chi connectivity index (χ1) is 17.9. The standard InChI is InChI=1S/C33H35ClN2O/c1-32-16-14-24(37)18-22(32)10-13-25-27(32)15-17-33(2)28(25)19-26-29(20-8-11-23(34)12-9-20)35-31(36-30(26)33)21-6-4-3-5-7-21/h3-12,24-25,27-28,37H,13-19H2,1-2H3/t24-,25-,27-,28-,32-,33-/m0/s1. The summed E-state index contributed by atoms with van der Waals surface area (Å²) in [6.45, 7) is 4.98. The Morgan fingerprint density at radius 1 is 0.838 bits per heavy atom. The summed E-state index contributed by atoms with van der Waals surface area (Å²) in [5.74, 6) is 2.73. The van der Waals surface area contributed by atoms with Crippen molar-refractivity contribution in [2.45, 2.75) is 70.3 Å². The van der Waals surface area contributed by atoms with Gasteiger partial charge in [-0.2, -0.15) is 0 Å². The number of hydrogen-bond donors (Lipinski definition) is 1. The number of aromatic nitrogens is 2. The maximum Gasteiger partial charge on any atom is 0.160 e. The van der Waals surface area contributed by atoms with Crippen molar-refractivity contribution < 1.29 is 5.11 Å². The quantitative estimate of drug-likeness (QED) is 0.358. The molecular weight excluding hydrogens is 476 g/mol. The fourth-order valence-corrected chi connectivity index (χ4v) is 8.69. The molecule has 4 aliphatic rings. The molecule has 0 saturated heterocycles. The van der Waals surface area contributed by atoms with E-state index >= 15 is 0 Å². The van der Waals surface area contributed by atoms with Crippen molar-refractivity contribution in [2.75, 3.05) is 0 Å². The summed E-state index contributed by atoms with van der Waals surface area (Å²) in [5.41, 5.74) is 7.70. The molecule has 1 aromatic heterocycles. The predicted molar refractivity (Wildman–Crippen MR) is 149 cm³/mol. The van der Waals surface area contributed by atoms with E-state index in [1.54, 1.807) is 0 Å². The Morgan fingerprint density at radius 2 is 1.59 bits per heavy atom. The van der Waals surface area contributed by atoms with Crippen LogP contribution in [0.1, 0.15) is 63.6 Å². The zero-order chi connectivity index (χ0) is 25.4. The highest BCUT2D eigenvalue weighted by atomic mass is 35.5. The second-order valence-electron chi connectivity index (χ2n) is 12.4. The van der Waals surface area contributed by atoms with E-state index in [9.17, 15) is 5.11 Å². The van der Waals surface area contributed by atoms with Crippen LogP contribution in [0.2, 0.25) is 5.02 Å². The lowest BCUT2D eigenvalue weighted by Crippen LogP contribution is -2.51. The molecule has 190 valence electrons. The molecule has 0 radical (unpaired) electrons. The van der Waals surface area contributed by atoms with Gasteiger partial charge in [-0.15, -0.1) is 0 Å². The zero-order valence-electron chi connectivity index (χ0n) is 21.8. The molecule has 0 spiro atoms. The van der Waals surface area contributed by atoms with Crippen molar-refractivity contribution in [3.63, 3.8) is 0 Å². The normalized spacial score (nSPS) is 34.1. The molecule has 0 amide bonds. The van der Waals surface area contributed by atoms with Crippen LogP contribution in [0, 0.1) is 23.2 Å². The van der Waals surface area contributed by atoms with Gasteiger partial charge in [0.05, 0.1) is 17.5 Å². The molecular formula is C33H35ClN2O. The third kappa shape index (κ3) is 3.57. The van der Waals surface area contributed by atoms with Gasteiger partial charge in [0.25, 0.3) is 0 Å². The van der Waals surface area contributed by atoms with Crippen molar-refractivity contribution in [3.05, 3.63) is 82.5 Å². The highest BCUT2D eigenvalue weighted by molar-refractivity contribution is 6.30. The lowest BCUT2D eigenvalue weighted by molar-refractivity contribution is -0.0169. The SMILES string of the molecule is C[C@]12CC[C@H](O)CC1=CC[C@H]1[C@@H]2CC[C@]2(C)c3nc(-c4ccccc4)nc(-c4ccc(Cl)cc4)c3C[C@@H]12. The average Bonchev–Trinajstić information content (AvgIpc) is 3.22. The molecule has 1 heterocycles. The summed E-state index contributed by atoms with van der Waals surface area (Å²) < 4.78 is 0. The second kappa shape index (κ2) is 8.51. The maximum atomic E-state index is 10.4. The number of rotatable bonds is 2. The first-order valence-corrected chi connectivity index (χ1v) is 14.3. The highest BCUT2D eigenvalue weighted by Crippen LogP contribution is 2.64. The summed E-state index contributed by atoms with van der Waals surface area (Å²) in [7, 11) is 0. The fraction of sp³-hybridized carbons (Fsp3) is 0.455. The molecule has 0 unspecified atom stereocenters. The van der Waals surface area contributed by atoms with E-state index in [0.29, 0.717) is 17.8 Å². The average molecular weight is 511 g/mol. The lowest BCUT2D eigenvalue weighted by Gasteiger charge is -2.57. The van der Waals surface area contributed by atoms with Crippen LogP contribution in [0.5, 0.6) is 0 Å². The first-order valence-electron chi connectivity index (χ1n) is 14.0. The Kier molecular flexibility index (Phi) is 5.43. The van der Waals surface area contributed by atoms with Crippen molar-refractivity contribution in [1.82, 2.24) is 9.97 Å². The molecule has 3 nitrogen and oxygen atoms in total. The van der Waals surface area contributed by atoms with E-state index < -0.39 is 0 Å². The lowest BCUT2D eigenvalue weighted by atomic mass is 9.48. The number of allylic oxidation sites excluding steroid dienone is 1.